The summed E-state index contributed by atoms with van der Waals surface area (Å²) in [4.78, 5) is 22.3. The minimum Gasteiger partial charge on any atom is -0.480 e. The quantitative estimate of drug-likeness (QED) is 0.624. The third-order valence-electron chi connectivity index (χ3n) is 2.40. The number of ether oxygens (including phenoxy) is 2. The zero-order valence-electron chi connectivity index (χ0n) is 9.43. The van der Waals surface area contributed by atoms with Gasteiger partial charge < -0.3 is 19.9 Å². The summed E-state index contributed by atoms with van der Waals surface area (Å²) in [6, 6.07) is -0.986. The number of carboxylic acids is 1. The van der Waals surface area contributed by atoms with E-state index in [1.54, 1.807) is 0 Å². The molecule has 1 aliphatic rings. The summed E-state index contributed by atoms with van der Waals surface area (Å²) in [6.07, 6.45) is 0.612. The van der Waals surface area contributed by atoms with Crippen molar-refractivity contribution in [1.29, 1.82) is 0 Å². The van der Waals surface area contributed by atoms with Crippen LogP contribution in [0.4, 0.5) is 0 Å². The van der Waals surface area contributed by atoms with Crippen molar-refractivity contribution in [3.05, 3.63) is 0 Å². The van der Waals surface area contributed by atoms with Crippen molar-refractivity contribution in [3.63, 3.8) is 0 Å². The van der Waals surface area contributed by atoms with Gasteiger partial charge in [-0.3, -0.25) is 4.79 Å². The number of rotatable bonds is 7. The Morgan fingerprint density at radius 2 is 2.25 bits per heavy atom. The molecule has 0 saturated heterocycles. The molecular weight excluding hydrogens is 214 g/mol. The highest BCUT2D eigenvalue weighted by atomic mass is 16.5. The monoisotopic (exact) mass is 231 g/mol. The van der Waals surface area contributed by atoms with Crippen molar-refractivity contribution in [2.24, 2.45) is 5.92 Å². The number of hydrogen-bond acceptors (Lipinski definition) is 4. The summed E-state index contributed by atoms with van der Waals surface area (Å²) in [5.41, 5.74) is 0. The predicted octanol–water partition coefficient (Wildman–Crippen LogP) is -0.373. The van der Waals surface area contributed by atoms with Gasteiger partial charge in [0.1, 0.15) is 0 Å². The van der Waals surface area contributed by atoms with Gasteiger partial charge in [-0.05, 0) is 13.3 Å². The van der Waals surface area contributed by atoms with Crippen LogP contribution in [0.15, 0.2) is 0 Å². The summed E-state index contributed by atoms with van der Waals surface area (Å²) < 4.78 is 9.96. The number of carboxylic acid groups (broad SMARTS) is 1. The van der Waals surface area contributed by atoms with Gasteiger partial charge in [0.2, 0.25) is 5.91 Å². The Balaban J connectivity index is 2.35. The minimum absolute atomic E-state index is 0.0346. The molecule has 1 aliphatic carbocycles. The van der Waals surface area contributed by atoms with Gasteiger partial charge in [0.05, 0.1) is 18.6 Å². The summed E-state index contributed by atoms with van der Waals surface area (Å²) in [7, 11) is 1.39. The number of methoxy groups -OCH3 is 1. The topological polar surface area (TPSA) is 84.9 Å². The highest BCUT2D eigenvalue weighted by Gasteiger charge is 2.44. The fourth-order valence-corrected chi connectivity index (χ4v) is 1.47. The average molecular weight is 231 g/mol. The van der Waals surface area contributed by atoms with Crippen molar-refractivity contribution in [3.8, 4) is 0 Å². The molecule has 16 heavy (non-hydrogen) atoms. The normalized spacial score (nSPS) is 24.9. The molecule has 0 bridgehead atoms. The molecule has 6 nitrogen and oxygen atoms in total. The van der Waals surface area contributed by atoms with E-state index >= 15 is 0 Å². The van der Waals surface area contributed by atoms with E-state index in [1.807, 2.05) is 6.92 Å². The lowest BCUT2D eigenvalue weighted by molar-refractivity contribution is -0.143. The van der Waals surface area contributed by atoms with Crippen LogP contribution in [-0.4, -0.2) is 49.5 Å². The summed E-state index contributed by atoms with van der Waals surface area (Å²) in [5, 5.41) is 11.2. The molecule has 92 valence electrons. The molecule has 0 heterocycles. The summed E-state index contributed by atoms with van der Waals surface area (Å²) >= 11 is 0. The van der Waals surface area contributed by atoms with Crippen molar-refractivity contribution < 1.29 is 24.2 Å². The van der Waals surface area contributed by atoms with Gasteiger partial charge in [-0.15, -0.1) is 0 Å². The van der Waals surface area contributed by atoms with Gasteiger partial charge in [-0.25, -0.2) is 4.79 Å². The molecule has 0 aliphatic heterocycles. The van der Waals surface area contributed by atoms with E-state index in [2.05, 4.69) is 5.32 Å². The van der Waals surface area contributed by atoms with E-state index < -0.39 is 12.0 Å². The van der Waals surface area contributed by atoms with Gasteiger partial charge in [-0.2, -0.15) is 0 Å². The lowest BCUT2D eigenvalue weighted by Crippen LogP contribution is -2.44. The molecule has 0 aromatic rings. The molecule has 2 N–H and O–H groups in total. The molecule has 1 fully saturated rings. The Hall–Kier alpha value is -1.14. The van der Waals surface area contributed by atoms with E-state index in [0.717, 1.165) is 0 Å². The molecule has 1 amide bonds. The van der Waals surface area contributed by atoms with Gasteiger partial charge in [-0.1, -0.05) is 0 Å². The molecule has 1 saturated carbocycles. The average Bonchev–Trinajstić information content (AvgIpc) is 2.97. The Morgan fingerprint density at radius 3 is 2.75 bits per heavy atom. The lowest BCUT2D eigenvalue weighted by Gasteiger charge is -2.13. The Labute approximate surface area is 93.9 Å². The highest BCUT2D eigenvalue weighted by Crippen LogP contribution is 2.33. The first-order valence-corrected chi connectivity index (χ1v) is 5.23. The molecule has 6 heteroatoms. The molecular formula is C10H17NO5. The number of amides is 1. The molecule has 1 rings (SSSR count). The fourth-order valence-electron chi connectivity index (χ4n) is 1.47. The van der Waals surface area contributed by atoms with Crippen molar-refractivity contribution in [2.75, 3.05) is 20.3 Å². The Kier molecular flexibility index (Phi) is 4.70. The maximum absolute atomic E-state index is 11.6. The number of aliphatic carboxylic acids is 1. The molecule has 0 radical (unpaired) electrons. The maximum Gasteiger partial charge on any atom is 0.328 e. The molecule has 0 aromatic carbocycles. The van der Waals surface area contributed by atoms with Crippen molar-refractivity contribution in [1.82, 2.24) is 5.32 Å². The Morgan fingerprint density at radius 1 is 1.56 bits per heavy atom. The summed E-state index contributed by atoms with van der Waals surface area (Å²) in [5.74, 6) is -1.58. The number of nitrogens with one attached hydrogen (secondary N) is 1. The second kappa shape index (κ2) is 5.81. The fraction of sp³-hybridized carbons (Fsp3) is 0.800. The van der Waals surface area contributed by atoms with Crippen LogP contribution in [0.5, 0.6) is 0 Å². The second-order valence-corrected chi connectivity index (χ2v) is 3.69. The van der Waals surface area contributed by atoms with E-state index in [-0.39, 0.29) is 24.5 Å². The SMILES string of the molecule is CCOC1CC1C(=O)NC(COC)C(=O)O. The zero-order valence-corrected chi connectivity index (χ0v) is 9.43. The lowest BCUT2D eigenvalue weighted by atomic mass is 10.3. The minimum atomic E-state index is -1.09. The van der Waals surface area contributed by atoms with Crippen LogP contribution in [0.3, 0.4) is 0 Å². The molecule has 3 unspecified atom stereocenters. The zero-order chi connectivity index (χ0) is 12.1. The maximum atomic E-state index is 11.6. The smallest absolute Gasteiger partial charge is 0.328 e. The van der Waals surface area contributed by atoms with Gasteiger partial charge in [0, 0.05) is 13.7 Å². The number of hydrogen-bond donors (Lipinski definition) is 2. The second-order valence-electron chi connectivity index (χ2n) is 3.69. The Bertz CT molecular complexity index is 268. The van der Waals surface area contributed by atoms with Crippen LogP contribution in [-0.2, 0) is 19.1 Å². The standard InChI is InChI=1S/C10H17NO5/c1-3-16-8-4-6(8)9(12)11-7(5-15-2)10(13)14/h6-8H,3-5H2,1-2H3,(H,11,12)(H,13,14). The van der Waals surface area contributed by atoms with Crippen LogP contribution in [0.1, 0.15) is 13.3 Å². The van der Waals surface area contributed by atoms with Crippen LogP contribution in [0, 0.1) is 5.92 Å². The van der Waals surface area contributed by atoms with Gasteiger partial charge >= 0.3 is 5.97 Å². The summed E-state index contributed by atoms with van der Waals surface area (Å²) in [6.45, 7) is 2.39. The van der Waals surface area contributed by atoms with Crippen molar-refractivity contribution >= 4 is 11.9 Å². The molecule has 0 aromatic heterocycles. The van der Waals surface area contributed by atoms with E-state index in [0.29, 0.717) is 13.0 Å². The number of carbonyl (C=O) groups is 2. The largest absolute Gasteiger partial charge is 0.480 e. The third-order valence-corrected chi connectivity index (χ3v) is 2.40. The van der Waals surface area contributed by atoms with E-state index in [1.165, 1.54) is 7.11 Å². The van der Waals surface area contributed by atoms with Crippen LogP contribution < -0.4 is 5.32 Å². The number of carbonyl (C=O) groups excluding carboxylic acids is 1. The first-order valence-electron chi connectivity index (χ1n) is 5.23. The van der Waals surface area contributed by atoms with Crippen LogP contribution >= 0.6 is 0 Å². The van der Waals surface area contributed by atoms with Crippen LogP contribution in [0.2, 0.25) is 0 Å². The van der Waals surface area contributed by atoms with E-state index in [9.17, 15) is 9.59 Å². The predicted molar refractivity (Wildman–Crippen MR) is 55.0 cm³/mol. The van der Waals surface area contributed by atoms with Crippen molar-refractivity contribution in [2.45, 2.75) is 25.5 Å². The van der Waals surface area contributed by atoms with Gasteiger partial charge in [0.15, 0.2) is 6.04 Å². The first-order chi connectivity index (χ1) is 7.60. The van der Waals surface area contributed by atoms with Crippen LogP contribution in [0.25, 0.3) is 0 Å². The first kappa shape index (κ1) is 12.9. The van der Waals surface area contributed by atoms with Gasteiger partial charge in [0.25, 0.3) is 0 Å². The third kappa shape index (κ3) is 3.46. The molecule has 3 atom stereocenters. The van der Waals surface area contributed by atoms with E-state index in [4.69, 9.17) is 14.6 Å². The molecule has 0 spiro atoms. The highest BCUT2D eigenvalue weighted by molar-refractivity contribution is 5.87.